The molecule has 1 fully saturated rings. The van der Waals surface area contributed by atoms with Crippen molar-refractivity contribution in [1.82, 2.24) is 0 Å². The molecule has 0 atom stereocenters. The summed E-state index contributed by atoms with van der Waals surface area (Å²) in [6, 6.07) is 5.94. The summed E-state index contributed by atoms with van der Waals surface area (Å²) in [5, 5.41) is 9.89. The van der Waals surface area contributed by atoms with Gasteiger partial charge in [-0.05, 0) is 38.0 Å². The van der Waals surface area contributed by atoms with Gasteiger partial charge in [-0.25, -0.2) is 0 Å². The van der Waals surface area contributed by atoms with E-state index in [-0.39, 0.29) is 0 Å². The Kier molecular flexibility index (Phi) is 3.13. The summed E-state index contributed by atoms with van der Waals surface area (Å²) in [5.41, 5.74) is 7.33. The van der Waals surface area contributed by atoms with Crippen molar-refractivity contribution in [3.8, 4) is 0 Å². The highest BCUT2D eigenvalue weighted by Crippen LogP contribution is 2.31. The maximum atomic E-state index is 9.89. The maximum Gasteiger partial charge on any atom is 0.0653 e. The molecular formula is C12H17BrN2O. The Labute approximate surface area is 104 Å². The molecule has 0 unspecified atom stereocenters. The number of hydrogen-bond donors (Lipinski definition) is 2. The Bertz CT molecular complexity index is 383. The second kappa shape index (κ2) is 4.26. The van der Waals surface area contributed by atoms with Gasteiger partial charge in [-0.3, -0.25) is 0 Å². The molecule has 0 aromatic heterocycles. The number of anilines is 2. The SMILES string of the molecule is CC1(O)CCN(c2ccc(Br)cc2N)CC1. The van der Waals surface area contributed by atoms with Crippen molar-refractivity contribution in [1.29, 1.82) is 0 Å². The number of hydrogen-bond acceptors (Lipinski definition) is 3. The highest BCUT2D eigenvalue weighted by atomic mass is 79.9. The zero-order valence-corrected chi connectivity index (χ0v) is 11.0. The molecular weight excluding hydrogens is 268 g/mol. The van der Waals surface area contributed by atoms with E-state index in [1.54, 1.807) is 0 Å². The molecule has 0 amide bonds. The van der Waals surface area contributed by atoms with Crippen molar-refractivity contribution in [2.75, 3.05) is 23.7 Å². The van der Waals surface area contributed by atoms with Gasteiger partial charge in [-0.15, -0.1) is 0 Å². The summed E-state index contributed by atoms with van der Waals surface area (Å²) >= 11 is 3.40. The van der Waals surface area contributed by atoms with Gasteiger partial charge in [-0.2, -0.15) is 0 Å². The summed E-state index contributed by atoms with van der Waals surface area (Å²) in [6.07, 6.45) is 1.59. The van der Waals surface area contributed by atoms with Gasteiger partial charge in [-0.1, -0.05) is 15.9 Å². The lowest BCUT2D eigenvalue weighted by atomic mass is 9.93. The fourth-order valence-corrected chi connectivity index (χ4v) is 2.42. The molecule has 3 N–H and O–H groups in total. The molecule has 1 aromatic rings. The van der Waals surface area contributed by atoms with Gasteiger partial charge in [0.15, 0.2) is 0 Å². The molecule has 0 aliphatic carbocycles. The van der Waals surface area contributed by atoms with Gasteiger partial charge < -0.3 is 15.7 Å². The number of nitrogens with zero attached hydrogens (tertiary/aromatic N) is 1. The lowest BCUT2D eigenvalue weighted by Crippen LogP contribution is -2.42. The Morgan fingerprint density at radius 3 is 2.56 bits per heavy atom. The third-order valence-electron chi connectivity index (χ3n) is 3.17. The van der Waals surface area contributed by atoms with Crippen LogP contribution in [0.2, 0.25) is 0 Å². The number of rotatable bonds is 1. The van der Waals surface area contributed by atoms with Crippen molar-refractivity contribution < 1.29 is 5.11 Å². The number of aliphatic hydroxyl groups is 1. The topological polar surface area (TPSA) is 49.5 Å². The van der Waals surface area contributed by atoms with E-state index in [9.17, 15) is 5.11 Å². The standard InChI is InChI=1S/C12H17BrN2O/c1-12(16)4-6-15(7-5-12)11-3-2-9(13)8-10(11)14/h2-3,8,16H,4-7,14H2,1H3. The van der Waals surface area contributed by atoms with Crippen LogP contribution in [-0.2, 0) is 0 Å². The molecule has 1 aliphatic heterocycles. The molecule has 1 heterocycles. The first-order chi connectivity index (χ1) is 7.48. The Hall–Kier alpha value is -0.740. The third kappa shape index (κ3) is 2.50. The summed E-state index contributed by atoms with van der Waals surface area (Å²) in [5.74, 6) is 0. The number of benzene rings is 1. The smallest absolute Gasteiger partial charge is 0.0653 e. The van der Waals surface area contributed by atoms with Crippen LogP contribution in [0.5, 0.6) is 0 Å². The van der Waals surface area contributed by atoms with Gasteiger partial charge in [0.2, 0.25) is 0 Å². The first-order valence-electron chi connectivity index (χ1n) is 5.50. The third-order valence-corrected chi connectivity index (χ3v) is 3.66. The normalized spacial score (nSPS) is 19.8. The lowest BCUT2D eigenvalue weighted by Gasteiger charge is -2.37. The van der Waals surface area contributed by atoms with Crippen LogP contribution in [0.25, 0.3) is 0 Å². The summed E-state index contributed by atoms with van der Waals surface area (Å²) < 4.78 is 0.998. The van der Waals surface area contributed by atoms with Gasteiger partial charge in [0.25, 0.3) is 0 Å². The average Bonchev–Trinajstić information content (AvgIpc) is 2.19. The molecule has 4 heteroatoms. The second-order valence-corrected chi connectivity index (χ2v) is 5.60. The Morgan fingerprint density at radius 2 is 2.00 bits per heavy atom. The minimum Gasteiger partial charge on any atom is -0.397 e. The summed E-state index contributed by atoms with van der Waals surface area (Å²) in [6.45, 7) is 3.62. The van der Waals surface area contributed by atoms with E-state index < -0.39 is 5.60 Å². The zero-order valence-electron chi connectivity index (χ0n) is 9.41. The van der Waals surface area contributed by atoms with Crippen molar-refractivity contribution in [3.05, 3.63) is 22.7 Å². The number of nitrogens with two attached hydrogens (primary N) is 1. The molecule has 1 aromatic carbocycles. The predicted molar refractivity (Wildman–Crippen MR) is 70.6 cm³/mol. The van der Waals surface area contributed by atoms with E-state index in [1.807, 2.05) is 25.1 Å². The van der Waals surface area contributed by atoms with E-state index in [2.05, 4.69) is 20.8 Å². The van der Waals surface area contributed by atoms with Crippen LogP contribution in [0.15, 0.2) is 22.7 Å². The molecule has 88 valence electrons. The highest BCUT2D eigenvalue weighted by molar-refractivity contribution is 9.10. The van der Waals surface area contributed by atoms with Crippen LogP contribution in [0.4, 0.5) is 11.4 Å². The molecule has 1 saturated heterocycles. The molecule has 16 heavy (non-hydrogen) atoms. The summed E-state index contributed by atoms with van der Waals surface area (Å²) in [7, 11) is 0. The Balaban J connectivity index is 2.14. The first-order valence-corrected chi connectivity index (χ1v) is 6.30. The van der Waals surface area contributed by atoms with Crippen LogP contribution < -0.4 is 10.6 Å². The van der Waals surface area contributed by atoms with Crippen LogP contribution >= 0.6 is 15.9 Å². The van der Waals surface area contributed by atoms with Crippen LogP contribution in [-0.4, -0.2) is 23.8 Å². The minimum absolute atomic E-state index is 0.513. The van der Waals surface area contributed by atoms with E-state index in [0.717, 1.165) is 41.8 Å². The first kappa shape index (κ1) is 11.7. The summed E-state index contributed by atoms with van der Waals surface area (Å²) in [4.78, 5) is 2.24. The molecule has 0 saturated carbocycles. The highest BCUT2D eigenvalue weighted by Gasteiger charge is 2.27. The predicted octanol–water partition coefficient (Wildman–Crippen LogP) is 2.38. The minimum atomic E-state index is -0.513. The van der Waals surface area contributed by atoms with Crippen molar-refractivity contribution in [3.63, 3.8) is 0 Å². The molecule has 2 rings (SSSR count). The van der Waals surface area contributed by atoms with Crippen LogP contribution in [0.1, 0.15) is 19.8 Å². The van der Waals surface area contributed by atoms with Crippen LogP contribution in [0, 0.1) is 0 Å². The lowest BCUT2D eigenvalue weighted by molar-refractivity contribution is 0.0351. The van der Waals surface area contributed by atoms with Gasteiger partial charge in [0.05, 0.1) is 17.0 Å². The molecule has 0 bridgehead atoms. The largest absolute Gasteiger partial charge is 0.397 e. The molecule has 0 radical (unpaired) electrons. The van der Waals surface area contributed by atoms with Gasteiger partial charge in [0.1, 0.15) is 0 Å². The van der Waals surface area contributed by atoms with Gasteiger partial charge in [0, 0.05) is 17.6 Å². The van der Waals surface area contributed by atoms with Crippen molar-refractivity contribution in [2.45, 2.75) is 25.4 Å². The number of nitrogen functional groups attached to an aromatic ring is 1. The fourth-order valence-electron chi connectivity index (χ4n) is 2.04. The fraction of sp³-hybridized carbons (Fsp3) is 0.500. The zero-order chi connectivity index (χ0) is 11.8. The molecule has 1 aliphatic rings. The van der Waals surface area contributed by atoms with E-state index in [0.29, 0.717) is 0 Å². The monoisotopic (exact) mass is 284 g/mol. The van der Waals surface area contributed by atoms with Crippen molar-refractivity contribution in [2.24, 2.45) is 0 Å². The van der Waals surface area contributed by atoms with E-state index in [4.69, 9.17) is 5.73 Å². The van der Waals surface area contributed by atoms with Gasteiger partial charge >= 0.3 is 0 Å². The molecule has 0 spiro atoms. The van der Waals surface area contributed by atoms with E-state index >= 15 is 0 Å². The number of halogens is 1. The molecule has 3 nitrogen and oxygen atoms in total. The van der Waals surface area contributed by atoms with Crippen molar-refractivity contribution >= 4 is 27.3 Å². The second-order valence-electron chi connectivity index (χ2n) is 4.69. The Morgan fingerprint density at radius 1 is 1.38 bits per heavy atom. The maximum absolute atomic E-state index is 9.89. The quantitative estimate of drug-likeness (QED) is 0.779. The number of piperidine rings is 1. The van der Waals surface area contributed by atoms with Crippen LogP contribution in [0.3, 0.4) is 0 Å². The average molecular weight is 285 g/mol. The van der Waals surface area contributed by atoms with E-state index in [1.165, 1.54) is 0 Å².